The van der Waals surface area contributed by atoms with Crippen molar-refractivity contribution in [2.45, 2.75) is 13.0 Å². The van der Waals surface area contributed by atoms with Gasteiger partial charge in [-0.05, 0) is 22.9 Å². The topological polar surface area (TPSA) is 86.6 Å². The minimum atomic E-state index is -0.196. The number of nitrogens with two attached hydrogens (primary N) is 1. The van der Waals surface area contributed by atoms with Crippen LogP contribution in [-0.2, 0) is 14.1 Å². The van der Waals surface area contributed by atoms with Crippen LogP contribution in [0.15, 0.2) is 10.8 Å². The summed E-state index contributed by atoms with van der Waals surface area (Å²) in [5.41, 5.74) is 5.56. The Morgan fingerprint density at radius 3 is 2.59 bits per heavy atom. The lowest BCUT2D eigenvalue weighted by molar-refractivity contribution is 0.567. The van der Waals surface area contributed by atoms with Crippen LogP contribution in [0, 0.1) is 6.92 Å². The van der Waals surface area contributed by atoms with Crippen LogP contribution in [0.4, 0.5) is 0 Å². The Kier molecular flexibility index (Phi) is 3.27. The van der Waals surface area contributed by atoms with E-state index < -0.39 is 0 Å². The van der Waals surface area contributed by atoms with Crippen molar-refractivity contribution in [1.29, 1.82) is 0 Å². The second-order valence-corrected chi connectivity index (χ2v) is 4.58. The molecule has 8 heteroatoms. The van der Waals surface area contributed by atoms with E-state index in [0.717, 1.165) is 17.0 Å². The van der Waals surface area contributed by atoms with Gasteiger partial charge in [0.1, 0.15) is 0 Å². The van der Waals surface area contributed by atoms with Crippen LogP contribution in [0.2, 0.25) is 0 Å². The van der Waals surface area contributed by atoms with Crippen molar-refractivity contribution in [2.75, 3.05) is 0 Å². The number of aryl methyl sites for hydroxylation is 3. The van der Waals surface area contributed by atoms with Crippen molar-refractivity contribution in [1.82, 2.24) is 30.2 Å². The Hall–Kier alpha value is -1.25. The zero-order valence-corrected chi connectivity index (χ0v) is 11.4. The zero-order chi connectivity index (χ0) is 12.6. The molecule has 0 amide bonds. The first-order valence-electron chi connectivity index (χ1n) is 5.06. The van der Waals surface area contributed by atoms with Crippen LogP contribution in [0.5, 0.6) is 0 Å². The van der Waals surface area contributed by atoms with Crippen molar-refractivity contribution in [3.8, 4) is 0 Å². The molecule has 2 aromatic heterocycles. The highest BCUT2D eigenvalue weighted by Gasteiger charge is 2.23. The molecule has 0 saturated heterocycles. The molecule has 0 spiro atoms. The van der Waals surface area contributed by atoms with Gasteiger partial charge in [-0.2, -0.15) is 5.10 Å². The number of hydrazine groups is 1. The van der Waals surface area contributed by atoms with Gasteiger partial charge in [-0.15, -0.1) is 5.10 Å². The first-order valence-corrected chi connectivity index (χ1v) is 5.85. The third kappa shape index (κ3) is 2.11. The molecule has 3 N–H and O–H groups in total. The van der Waals surface area contributed by atoms with E-state index in [9.17, 15) is 0 Å². The summed E-state index contributed by atoms with van der Waals surface area (Å²) in [5, 5.41) is 12.2. The fraction of sp³-hybridized carbons (Fsp3) is 0.444. The molecule has 0 bridgehead atoms. The maximum atomic E-state index is 5.64. The van der Waals surface area contributed by atoms with Gasteiger partial charge < -0.3 is 0 Å². The number of rotatable bonds is 3. The molecule has 0 radical (unpaired) electrons. The van der Waals surface area contributed by atoms with E-state index in [-0.39, 0.29) is 6.04 Å². The van der Waals surface area contributed by atoms with Crippen LogP contribution in [-0.4, -0.2) is 24.8 Å². The second-order valence-electron chi connectivity index (χ2n) is 3.83. The first kappa shape index (κ1) is 12.2. The van der Waals surface area contributed by atoms with Crippen LogP contribution < -0.4 is 11.3 Å². The summed E-state index contributed by atoms with van der Waals surface area (Å²) in [6.45, 7) is 1.94. The lowest BCUT2D eigenvalue weighted by Gasteiger charge is -2.15. The van der Waals surface area contributed by atoms with E-state index in [4.69, 9.17) is 5.84 Å². The summed E-state index contributed by atoms with van der Waals surface area (Å²) in [4.78, 5) is 0. The van der Waals surface area contributed by atoms with E-state index in [2.05, 4.69) is 36.8 Å². The fourth-order valence-electron chi connectivity index (χ4n) is 1.86. The number of nitrogens with zero attached hydrogens (tertiary/aromatic N) is 5. The molecule has 0 fully saturated rings. The van der Waals surface area contributed by atoms with Crippen molar-refractivity contribution in [2.24, 2.45) is 19.9 Å². The largest absolute Gasteiger partial charge is 0.275 e. The fourth-order valence-corrected chi connectivity index (χ4v) is 2.42. The maximum absolute atomic E-state index is 5.64. The lowest BCUT2D eigenvalue weighted by Crippen LogP contribution is -2.30. The van der Waals surface area contributed by atoms with Crippen LogP contribution in [0.25, 0.3) is 0 Å². The highest BCUT2D eigenvalue weighted by molar-refractivity contribution is 9.10. The molecule has 1 atom stereocenters. The Morgan fingerprint density at radius 1 is 1.47 bits per heavy atom. The minimum absolute atomic E-state index is 0.196. The first-order chi connectivity index (χ1) is 8.04. The second kappa shape index (κ2) is 4.55. The smallest absolute Gasteiger partial charge is 0.153 e. The Labute approximate surface area is 107 Å². The van der Waals surface area contributed by atoms with Crippen molar-refractivity contribution in [3.63, 3.8) is 0 Å². The predicted octanol–water partition coefficient (Wildman–Crippen LogP) is 0.172. The molecular formula is C9H14BrN7. The highest BCUT2D eigenvalue weighted by Crippen LogP contribution is 2.27. The molecule has 2 rings (SSSR count). The van der Waals surface area contributed by atoms with Crippen molar-refractivity contribution >= 4 is 15.9 Å². The molecule has 0 aromatic carbocycles. The standard InChI is InChI=1S/C9H14BrN7/c1-5-6(4-16(2)14-5)7(12-11)8-9(10)13-15-17(8)3/h4,7,12H,11H2,1-3H3. The normalized spacial score (nSPS) is 13.0. The third-order valence-corrected chi connectivity index (χ3v) is 3.19. The highest BCUT2D eigenvalue weighted by atomic mass is 79.9. The summed E-state index contributed by atoms with van der Waals surface area (Å²) in [5.74, 6) is 5.64. The molecule has 92 valence electrons. The van der Waals surface area contributed by atoms with Gasteiger partial charge >= 0.3 is 0 Å². The van der Waals surface area contributed by atoms with Crippen molar-refractivity contribution < 1.29 is 0 Å². The number of aromatic nitrogens is 5. The molecule has 0 saturated carbocycles. The van der Waals surface area contributed by atoms with E-state index in [1.165, 1.54) is 0 Å². The Morgan fingerprint density at radius 2 is 2.18 bits per heavy atom. The average Bonchev–Trinajstić information content (AvgIpc) is 2.76. The summed E-state index contributed by atoms with van der Waals surface area (Å²) < 4.78 is 4.11. The summed E-state index contributed by atoms with van der Waals surface area (Å²) >= 11 is 3.37. The minimum Gasteiger partial charge on any atom is -0.275 e. The Bertz CT molecular complexity index is 510. The summed E-state index contributed by atoms with van der Waals surface area (Å²) in [7, 11) is 3.70. The van der Waals surface area contributed by atoms with E-state index in [1.807, 2.05) is 27.2 Å². The van der Waals surface area contributed by atoms with Gasteiger partial charge in [-0.1, -0.05) is 5.21 Å². The quantitative estimate of drug-likeness (QED) is 0.623. The molecule has 2 heterocycles. The third-order valence-electron chi connectivity index (χ3n) is 2.63. The van der Waals surface area contributed by atoms with Crippen molar-refractivity contribution in [3.05, 3.63) is 27.8 Å². The van der Waals surface area contributed by atoms with Crippen LogP contribution in [0.1, 0.15) is 23.0 Å². The zero-order valence-electron chi connectivity index (χ0n) is 9.85. The number of hydrogen-bond donors (Lipinski definition) is 2. The summed E-state index contributed by atoms with van der Waals surface area (Å²) in [6.07, 6.45) is 1.93. The number of hydrogen-bond acceptors (Lipinski definition) is 5. The number of nitrogens with one attached hydrogen (secondary N) is 1. The van der Waals surface area contributed by atoms with Gasteiger partial charge in [-0.25, -0.2) is 10.1 Å². The molecular weight excluding hydrogens is 286 g/mol. The van der Waals surface area contributed by atoms with E-state index in [0.29, 0.717) is 4.60 Å². The molecule has 17 heavy (non-hydrogen) atoms. The molecule has 0 aliphatic rings. The molecule has 7 nitrogen and oxygen atoms in total. The van der Waals surface area contributed by atoms with Gasteiger partial charge in [0.25, 0.3) is 0 Å². The molecule has 2 aromatic rings. The van der Waals surface area contributed by atoms with Crippen LogP contribution >= 0.6 is 15.9 Å². The summed E-state index contributed by atoms with van der Waals surface area (Å²) in [6, 6.07) is -0.196. The molecule has 0 aliphatic carbocycles. The maximum Gasteiger partial charge on any atom is 0.153 e. The SMILES string of the molecule is Cc1nn(C)cc1C(NN)c1c(Br)nnn1C. The van der Waals surface area contributed by atoms with Gasteiger partial charge in [0.05, 0.1) is 17.4 Å². The number of halogens is 1. The van der Waals surface area contributed by atoms with E-state index >= 15 is 0 Å². The van der Waals surface area contributed by atoms with Gasteiger partial charge in [0, 0.05) is 25.9 Å². The van der Waals surface area contributed by atoms with Gasteiger partial charge in [0.15, 0.2) is 4.60 Å². The van der Waals surface area contributed by atoms with Crippen LogP contribution in [0.3, 0.4) is 0 Å². The molecule has 1 unspecified atom stereocenters. The molecule has 0 aliphatic heterocycles. The average molecular weight is 300 g/mol. The predicted molar refractivity (Wildman–Crippen MR) is 65.8 cm³/mol. The Balaban J connectivity index is 2.51. The van der Waals surface area contributed by atoms with E-state index in [1.54, 1.807) is 9.36 Å². The van der Waals surface area contributed by atoms with Gasteiger partial charge in [-0.3, -0.25) is 10.5 Å². The monoisotopic (exact) mass is 299 g/mol. The van der Waals surface area contributed by atoms with Gasteiger partial charge in [0.2, 0.25) is 0 Å². The lowest BCUT2D eigenvalue weighted by atomic mass is 10.1.